The third-order valence-electron chi connectivity index (χ3n) is 0.990. The molecular weight excluding hydrogens is 225 g/mol. The molecule has 0 atom stereocenters. The quantitative estimate of drug-likeness (QED) is 0.419. The maximum atomic E-state index is 11.6. The first kappa shape index (κ1) is 13.4. The second-order valence-electron chi connectivity index (χ2n) is 2.06. The van der Waals surface area contributed by atoms with Crippen molar-refractivity contribution < 1.29 is 40.2 Å². The number of ether oxygens (including phenoxy) is 2. The lowest BCUT2D eigenvalue weighted by molar-refractivity contribution is -0.336. The van der Waals surface area contributed by atoms with Crippen LogP contribution < -0.4 is 0 Å². The Hall–Kier alpha value is -0.570. The summed E-state index contributed by atoms with van der Waals surface area (Å²) >= 11 is 0. The van der Waals surface area contributed by atoms with E-state index in [0.29, 0.717) is 0 Å². The van der Waals surface area contributed by atoms with Crippen LogP contribution in [0.25, 0.3) is 0 Å². The van der Waals surface area contributed by atoms with Gasteiger partial charge in [0.05, 0.1) is 0 Å². The average Bonchev–Trinajstić information content (AvgIpc) is 1.92. The number of hydrogen-bond donors (Lipinski definition) is 0. The second-order valence-corrected chi connectivity index (χ2v) is 2.06. The Labute approximate surface area is 73.6 Å². The molecule has 0 aliphatic carbocycles. The van der Waals surface area contributed by atoms with E-state index in [1.165, 1.54) is 0 Å². The lowest BCUT2D eigenvalue weighted by Crippen LogP contribution is -2.44. The lowest BCUT2D eigenvalue weighted by atomic mass is 10.3. The van der Waals surface area contributed by atoms with E-state index in [4.69, 9.17) is 0 Å². The number of halogens is 7. The van der Waals surface area contributed by atoms with E-state index in [2.05, 4.69) is 9.47 Å². The molecule has 0 spiro atoms. The molecule has 14 heavy (non-hydrogen) atoms. The predicted octanol–water partition coefficient (Wildman–Crippen LogP) is 2.40. The van der Waals surface area contributed by atoms with Gasteiger partial charge < -0.3 is 9.47 Å². The molecule has 0 fully saturated rings. The summed E-state index contributed by atoms with van der Waals surface area (Å²) in [5.41, 5.74) is 0. The van der Waals surface area contributed by atoms with Gasteiger partial charge in [-0.25, -0.2) is 4.39 Å². The fourth-order valence-corrected chi connectivity index (χ4v) is 0.522. The molecule has 0 radical (unpaired) electrons. The molecule has 86 valence electrons. The summed E-state index contributed by atoms with van der Waals surface area (Å²) in [7, 11) is 0. The van der Waals surface area contributed by atoms with Crippen molar-refractivity contribution in [2.75, 3.05) is 13.7 Å². The van der Waals surface area contributed by atoms with E-state index in [0.717, 1.165) is 0 Å². The summed E-state index contributed by atoms with van der Waals surface area (Å²) in [5.74, 6) is 0. The minimum atomic E-state index is -5.60. The van der Waals surface area contributed by atoms with Gasteiger partial charge in [0, 0.05) is 0 Å². The van der Waals surface area contributed by atoms with Crippen molar-refractivity contribution in [3.05, 3.63) is 0 Å². The highest BCUT2D eigenvalue weighted by Crippen LogP contribution is 2.35. The molecule has 0 bridgehead atoms. The van der Waals surface area contributed by atoms with Crippen LogP contribution in [0.15, 0.2) is 0 Å². The number of rotatable bonds is 4. The van der Waals surface area contributed by atoms with Crippen molar-refractivity contribution in [3.63, 3.8) is 0 Å². The first-order valence-corrected chi connectivity index (χ1v) is 3.08. The van der Waals surface area contributed by atoms with Crippen molar-refractivity contribution in [2.24, 2.45) is 0 Å². The van der Waals surface area contributed by atoms with Crippen molar-refractivity contribution in [1.29, 1.82) is 0 Å². The molecule has 0 aliphatic rings. The first-order valence-electron chi connectivity index (χ1n) is 3.08. The number of alkyl halides is 7. The van der Waals surface area contributed by atoms with E-state index < -0.39 is 32.1 Å². The van der Waals surface area contributed by atoms with Crippen LogP contribution in [0.5, 0.6) is 0 Å². The predicted molar refractivity (Wildman–Crippen MR) is 28.9 cm³/mol. The molecule has 0 aromatic carbocycles. The van der Waals surface area contributed by atoms with E-state index >= 15 is 0 Å². The van der Waals surface area contributed by atoms with Gasteiger partial charge in [0.15, 0.2) is 13.7 Å². The Bertz CT molecular complexity index is 148. The van der Waals surface area contributed by atoms with Gasteiger partial charge >= 0.3 is 12.4 Å². The zero-order valence-corrected chi connectivity index (χ0v) is 6.45. The smallest absolute Gasteiger partial charge is 0.334 e. The molecule has 0 heterocycles. The molecular formula is C5H5F7O2. The Morgan fingerprint density at radius 2 is 1.36 bits per heavy atom. The molecule has 2 nitrogen and oxygen atoms in total. The van der Waals surface area contributed by atoms with Crippen LogP contribution in [0, 0.1) is 0 Å². The number of hydrogen-bond acceptors (Lipinski definition) is 2. The molecule has 0 saturated carbocycles. The van der Waals surface area contributed by atoms with Gasteiger partial charge in [-0.1, -0.05) is 0 Å². The highest BCUT2D eigenvalue weighted by Gasteiger charge is 2.58. The van der Waals surface area contributed by atoms with Crippen LogP contribution in [-0.2, 0) is 9.47 Å². The lowest BCUT2D eigenvalue weighted by Gasteiger charge is -2.22. The molecule has 0 amide bonds. The van der Waals surface area contributed by atoms with E-state index in [9.17, 15) is 30.7 Å². The summed E-state index contributed by atoms with van der Waals surface area (Å²) in [6, 6.07) is 0. The monoisotopic (exact) mass is 230 g/mol. The third kappa shape index (κ3) is 4.61. The molecule has 0 unspecified atom stereocenters. The van der Waals surface area contributed by atoms with E-state index in [1.807, 2.05) is 0 Å². The van der Waals surface area contributed by atoms with Gasteiger partial charge in [-0.15, -0.1) is 0 Å². The molecule has 0 rings (SSSR count). The molecule has 9 heteroatoms. The summed E-state index contributed by atoms with van der Waals surface area (Å²) in [4.78, 5) is 0. The highest BCUT2D eigenvalue weighted by molar-refractivity contribution is 4.75. The molecule has 0 saturated heterocycles. The van der Waals surface area contributed by atoms with Crippen molar-refractivity contribution in [3.8, 4) is 0 Å². The standard InChI is InChI=1S/C5H5F7O2/c6-1-13-2-14-3(4(7,8)9)5(10,11)12/h3H,1-2H2. The maximum Gasteiger partial charge on any atom is 0.423 e. The van der Waals surface area contributed by atoms with Crippen molar-refractivity contribution >= 4 is 0 Å². The van der Waals surface area contributed by atoms with Gasteiger partial charge in [-0.3, -0.25) is 0 Å². The van der Waals surface area contributed by atoms with Crippen LogP contribution in [-0.4, -0.2) is 32.1 Å². The van der Waals surface area contributed by atoms with Gasteiger partial charge in [-0.2, -0.15) is 26.3 Å². The average molecular weight is 230 g/mol. The Morgan fingerprint density at radius 1 is 0.929 bits per heavy atom. The second kappa shape index (κ2) is 4.78. The maximum absolute atomic E-state index is 11.6. The van der Waals surface area contributed by atoms with Gasteiger partial charge in [0.2, 0.25) is 0 Å². The molecule has 0 N–H and O–H groups in total. The van der Waals surface area contributed by atoms with E-state index in [-0.39, 0.29) is 0 Å². The van der Waals surface area contributed by atoms with Crippen molar-refractivity contribution in [1.82, 2.24) is 0 Å². The zero-order valence-electron chi connectivity index (χ0n) is 6.45. The molecule has 0 aromatic rings. The summed E-state index contributed by atoms with van der Waals surface area (Å²) < 4.78 is 87.9. The zero-order chi connectivity index (χ0) is 11.4. The fourth-order valence-electron chi connectivity index (χ4n) is 0.522. The SMILES string of the molecule is FCOCOC(C(F)(F)F)C(F)(F)F. The molecule has 0 aromatic heterocycles. The van der Waals surface area contributed by atoms with Gasteiger partial charge in [0.1, 0.15) is 0 Å². The third-order valence-corrected chi connectivity index (χ3v) is 0.990. The fraction of sp³-hybridized carbons (Fsp3) is 1.00. The topological polar surface area (TPSA) is 18.5 Å². The Morgan fingerprint density at radius 3 is 1.64 bits per heavy atom. The minimum absolute atomic E-state index is 1.42. The minimum Gasteiger partial charge on any atom is -0.334 e. The van der Waals surface area contributed by atoms with Crippen LogP contribution in [0.3, 0.4) is 0 Å². The van der Waals surface area contributed by atoms with Crippen molar-refractivity contribution in [2.45, 2.75) is 18.5 Å². The van der Waals surface area contributed by atoms with Gasteiger partial charge in [-0.05, 0) is 0 Å². The first-order chi connectivity index (χ1) is 6.19. The summed E-state index contributed by atoms with van der Waals surface area (Å²) in [6.07, 6.45) is -15.2. The van der Waals surface area contributed by atoms with Crippen LogP contribution in [0.4, 0.5) is 30.7 Å². The Balaban J connectivity index is 4.28. The largest absolute Gasteiger partial charge is 0.423 e. The van der Waals surface area contributed by atoms with Crippen LogP contribution >= 0.6 is 0 Å². The normalized spacial score (nSPS) is 13.7. The Kier molecular flexibility index (Phi) is 4.59. The summed E-state index contributed by atoms with van der Waals surface area (Å²) in [6.45, 7) is -2.94. The summed E-state index contributed by atoms with van der Waals surface area (Å²) in [5, 5.41) is 0. The highest BCUT2D eigenvalue weighted by atomic mass is 19.4. The van der Waals surface area contributed by atoms with Crippen LogP contribution in [0.2, 0.25) is 0 Å². The molecule has 0 aliphatic heterocycles. The van der Waals surface area contributed by atoms with Gasteiger partial charge in [0.25, 0.3) is 6.10 Å². The van der Waals surface area contributed by atoms with E-state index in [1.54, 1.807) is 0 Å². The van der Waals surface area contributed by atoms with Crippen LogP contribution in [0.1, 0.15) is 0 Å².